The van der Waals surface area contributed by atoms with Crippen LogP contribution in [0.4, 0.5) is 0 Å². The highest BCUT2D eigenvalue weighted by Gasteiger charge is 2.16. The van der Waals surface area contributed by atoms with Crippen LogP contribution in [-0.2, 0) is 16.1 Å². The molecule has 0 aliphatic rings. The number of rotatable bonds is 3. The molecule has 0 aliphatic carbocycles. The van der Waals surface area contributed by atoms with E-state index in [0.29, 0.717) is 18.1 Å². The van der Waals surface area contributed by atoms with Crippen molar-refractivity contribution >= 4 is 22.8 Å². The number of fused-ring (bicyclic) bond motifs is 3. The first kappa shape index (κ1) is 13.3. The highest BCUT2D eigenvalue weighted by atomic mass is 16.5. The van der Waals surface area contributed by atoms with Crippen LogP contribution in [0.25, 0.3) is 16.8 Å². The number of imidazole rings is 1. The number of carbonyl (C=O) groups excluding carboxylic acids is 1. The summed E-state index contributed by atoms with van der Waals surface area (Å²) in [7, 11) is 0. The van der Waals surface area contributed by atoms with Crippen molar-refractivity contribution < 1.29 is 9.53 Å². The lowest BCUT2D eigenvalue weighted by atomic mass is 10.3. The monoisotopic (exact) mass is 286 g/mol. The van der Waals surface area contributed by atoms with Crippen molar-refractivity contribution in [1.29, 1.82) is 0 Å². The Morgan fingerprint density at radius 2 is 2.00 bits per heavy atom. The lowest BCUT2D eigenvalue weighted by molar-refractivity contribution is -0.143. The highest BCUT2D eigenvalue weighted by Crippen LogP contribution is 2.18. The van der Waals surface area contributed by atoms with E-state index in [-0.39, 0.29) is 12.5 Å². The maximum atomic E-state index is 11.8. The normalized spacial score (nSPS) is 11.1. The molecular formula is C14H14N4O3. The smallest absolute Gasteiger partial charge is 0.326 e. The summed E-state index contributed by atoms with van der Waals surface area (Å²) in [5.74, 6) is -0.0459. The van der Waals surface area contributed by atoms with Gasteiger partial charge in [0.25, 0.3) is 5.56 Å². The van der Waals surface area contributed by atoms with Crippen molar-refractivity contribution in [3.63, 3.8) is 0 Å². The Balaban J connectivity index is 2.31. The summed E-state index contributed by atoms with van der Waals surface area (Å²) in [6, 6.07) is 7.44. The van der Waals surface area contributed by atoms with Gasteiger partial charge < -0.3 is 4.74 Å². The molecule has 0 unspecified atom stereocenters. The molecule has 0 amide bonds. The van der Waals surface area contributed by atoms with Crippen LogP contribution in [0.2, 0.25) is 0 Å². The predicted molar refractivity (Wildman–Crippen MR) is 76.1 cm³/mol. The van der Waals surface area contributed by atoms with Gasteiger partial charge in [-0.1, -0.05) is 12.1 Å². The number of hydrogen-bond donors (Lipinski definition) is 0. The van der Waals surface area contributed by atoms with E-state index in [4.69, 9.17) is 4.74 Å². The molecule has 0 fully saturated rings. The van der Waals surface area contributed by atoms with Crippen LogP contribution in [0.3, 0.4) is 0 Å². The first-order valence-electron chi connectivity index (χ1n) is 6.62. The Bertz CT molecular complexity index is 894. The molecule has 3 rings (SSSR count). The zero-order valence-electron chi connectivity index (χ0n) is 11.7. The second-order valence-electron chi connectivity index (χ2n) is 4.59. The van der Waals surface area contributed by atoms with Crippen molar-refractivity contribution in [2.45, 2.75) is 20.4 Å². The van der Waals surface area contributed by atoms with Crippen LogP contribution in [0.1, 0.15) is 12.6 Å². The third-order valence-electron chi connectivity index (χ3n) is 3.19. The zero-order chi connectivity index (χ0) is 15.0. The number of aryl methyl sites for hydroxylation is 1. The molecule has 0 spiro atoms. The second kappa shape index (κ2) is 5.01. The molecule has 7 heteroatoms. The van der Waals surface area contributed by atoms with E-state index in [1.54, 1.807) is 22.9 Å². The number of benzene rings is 1. The molecule has 2 aromatic heterocycles. The Kier molecular flexibility index (Phi) is 3.17. The second-order valence-corrected chi connectivity index (χ2v) is 4.59. The van der Waals surface area contributed by atoms with E-state index in [1.165, 1.54) is 0 Å². The molecule has 0 atom stereocenters. The summed E-state index contributed by atoms with van der Waals surface area (Å²) in [6.45, 7) is 3.65. The van der Waals surface area contributed by atoms with Crippen LogP contribution in [-0.4, -0.2) is 31.7 Å². The van der Waals surface area contributed by atoms with E-state index >= 15 is 0 Å². The van der Waals surface area contributed by atoms with Gasteiger partial charge >= 0.3 is 5.97 Å². The number of para-hydroxylation sites is 2. The molecular weight excluding hydrogens is 272 g/mol. The molecule has 0 bridgehead atoms. The Morgan fingerprint density at radius 3 is 2.71 bits per heavy atom. The van der Waals surface area contributed by atoms with Crippen molar-refractivity contribution in [2.75, 3.05) is 6.61 Å². The Labute approximate surface area is 119 Å². The van der Waals surface area contributed by atoms with E-state index in [1.807, 2.05) is 24.3 Å². The molecule has 0 radical (unpaired) electrons. The minimum absolute atomic E-state index is 0.0119. The van der Waals surface area contributed by atoms with Crippen LogP contribution < -0.4 is 5.56 Å². The number of hydrogen-bond acceptors (Lipinski definition) is 5. The first-order valence-corrected chi connectivity index (χ1v) is 6.62. The van der Waals surface area contributed by atoms with Crippen LogP contribution >= 0.6 is 0 Å². The third-order valence-corrected chi connectivity index (χ3v) is 3.19. The van der Waals surface area contributed by atoms with Gasteiger partial charge in [0.2, 0.25) is 5.78 Å². The highest BCUT2D eigenvalue weighted by molar-refractivity contribution is 5.82. The van der Waals surface area contributed by atoms with Gasteiger partial charge in [0.05, 0.1) is 17.6 Å². The molecule has 0 saturated heterocycles. The number of nitrogens with zero attached hydrogens (tertiary/aromatic N) is 4. The van der Waals surface area contributed by atoms with Gasteiger partial charge in [0.1, 0.15) is 12.2 Å². The van der Waals surface area contributed by atoms with Gasteiger partial charge in [-0.2, -0.15) is 14.6 Å². The van der Waals surface area contributed by atoms with Crippen LogP contribution in [0, 0.1) is 6.92 Å². The molecule has 2 heterocycles. The van der Waals surface area contributed by atoms with Crippen molar-refractivity contribution in [3.8, 4) is 0 Å². The van der Waals surface area contributed by atoms with E-state index in [0.717, 1.165) is 11.0 Å². The lowest BCUT2D eigenvalue weighted by Gasteiger charge is -2.04. The zero-order valence-corrected chi connectivity index (χ0v) is 11.7. The van der Waals surface area contributed by atoms with E-state index in [2.05, 4.69) is 10.1 Å². The van der Waals surface area contributed by atoms with Gasteiger partial charge in [-0.3, -0.25) is 14.2 Å². The number of ether oxygens (including phenoxy) is 1. The van der Waals surface area contributed by atoms with Crippen LogP contribution in [0.5, 0.6) is 0 Å². The minimum Gasteiger partial charge on any atom is -0.465 e. The van der Waals surface area contributed by atoms with Crippen molar-refractivity contribution in [1.82, 2.24) is 19.2 Å². The maximum Gasteiger partial charge on any atom is 0.326 e. The van der Waals surface area contributed by atoms with Gasteiger partial charge in [-0.15, -0.1) is 0 Å². The SMILES string of the molecule is CCOC(=O)Cn1c2ccccc2n2nc(C)c(=O)nc12. The van der Waals surface area contributed by atoms with Gasteiger partial charge in [-0.05, 0) is 26.0 Å². The fourth-order valence-corrected chi connectivity index (χ4v) is 2.26. The van der Waals surface area contributed by atoms with Crippen LogP contribution in [0.15, 0.2) is 29.1 Å². The minimum atomic E-state index is -0.400. The number of esters is 1. The van der Waals surface area contributed by atoms with Crippen molar-refractivity contribution in [3.05, 3.63) is 40.3 Å². The summed E-state index contributed by atoms with van der Waals surface area (Å²) in [4.78, 5) is 27.6. The van der Waals surface area contributed by atoms with Crippen molar-refractivity contribution in [2.24, 2.45) is 0 Å². The van der Waals surface area contributed by atoms with Gasteiger partial charge in [-0.25, -0.2) is 0 Å². The summed E-state index contributed by atoms with van der Waals surface area (Å²) >= 11 is 0. The molecule has 1 aromatic carbocycles. The van der Waals surface area contributed by atoms with E-state index < -0.39 is 5.56 Å². The third kappa shape index (κ3) is 2.16. The number of carbonyl (C=O) groups is 1. The first-order chi connectivity index (χ1) is 10.1. The average Bonchev–Trinajstić information content (AvgIpc) is 2.74. The Hall–Kier alpha value is -2.70. The standard InChI is InChI=1S/C14H14N4O3/c1-3-21-12(19)8-17-10-6-4-5-7-11(10)18-14(17)15-13(20)9(2)16-18/h4-7H,3,8H2,1-2H3. The average molecular weight is 286 g/mol. The quantitative estimate of drug-likeness (QED) is 0.669. The molecule has 7 nitrogen and oxygen atoms in total. The Morgan fingerprint density at radius 1 is 1.29 bits per heavy atom. The molecule has 0 aliphatic heterocycles. The van der Waals surface area contributed by atoms with Gasteiger partial charge in [0, 0.05) is 0 Å². The lowest BCUT2D eigenvalue weighted by Crippen LogP contribution is -2.19. The molecule has 21 heavy (non-hydrogen) atoms. The topological polar surface area (TPSA) is 78.5 Å². The fourth-order valence-electron chi connectivity index (χ4n) is 2.26. The molecule has 0 saturated carbocycles. The summed E-state index contributed by atoms with van der Waals surface area (Å²) in [5.41, 5.74) is 1.47. The summed E-state index contributed by atoms with van der Waals surface area (Å²) in [5, 5.41) is 4.25. The predicted octanol–water partition coefficient (Wildman–Crippen LogP) is 0.916. The molecule has 3 aromatic rings. The summed E-state index contributed by atoms with van der Waals surface area (Å²) < 4.78 is 8.19. The molecule has 0 N–H and O–H groups in total. The maximum absolute atomic E-state index is 11.8. The largest absolute Gasteiger partial charge is 0.465 e. The summed E-state index contributed by atoms with van der Waals surface area (Å²) in [6.07, 6.45) is 0. The fraction of sp³-hybridized carbons (Fsp3) is 0.286. The number of aromatic nitrogens is 4. The van der Waals surface area contributed by atoms with Gasteiger partial charge in [0.15, 0.2) is 0 Å². The van der Waals surface area contributed by atoms with E-state index in [9.17, 15) is 9.59 Å². The molecule has 108 valence electrons.